The molecule has 0 atom stereocenters. The summed E-state index contributed by atoms with van der Waals surface area (Å²) in [6.07, 6.45) is 3.45. The van der Waals surface area contributed by atoms with Crippen LogP contribution in [0.15, 0.2) is 77.2 Å². The van der Waals surface area contributed by atoms with Crippen LogP contribution in [0.1, 0.15) is 5.69 Å². The topological polar surface area (TPSA) is 80.3 Å². The first-order chi connectivity index (χ1) is 13.3. The van der Waals surface area contributed by atoms with Crippen molar-refractivity contribution in [1.82, 2.24) is 24.7 Å². The Morgan fingerprint density at radius 1 is 1.00 bits per heavy atom. The van der Waals surface area contributed by atoms with Crippen molar-refractivity contribution in [3.8, 4) is 23.1 Å². The summed E-state index contributed by atoms with van der Waals surface area (Å²) in [5.41, 5.74) is 1.95. The number of hydrogen-bond acceptors (Lipinski definition) is 6. The normalized spacial score (nSPS) is 10.5. The SMILES string of the molecule is N#Cc1nc(Sc2nnc(-c3cccnc3)n2-c2ccccc2)ccc1Cl. The first kappa shape index (κ1) is 17.2. The van der Waals surface area contributed by atoms with Gasteiger partial charge in [0.25, 0.3) is 0 Å². The van der Waals surface area contributed by atoms with E-state index in [0.717, 1.165) is 11.3 Å². The lowest BCUT2D eigenvalue weighted by molar-refractivity contribution is 0.882. The molecule has 27 heavy (non-hydrogen) atoms. The molecule has 0 aliphatic rings. The van der Waals surface area contributed by atoms with Crippen molar-refractivity contribution in [3.05, 3.63) is 77.7 Å². The number of hydrogen-bond donors (Lipinski definition) is 0. The number of rotatable bonds is 4. The Kier molecular flexibility index (Phi) is 4.83. The van der Waals surface area contributed by atoms with Crippen LogP contribution in [0.3, 0.4) is 0 Å². The van der Waals surface area contributed by atoms with Crippen LogP contribution in [0.4, 0.5) is 0 Å². The Bertz CT molecular complexity index is 1120. The number of benzene rings is 1. The second kappa shape index (κ2) is 7.58. The maximum atomic E-state index is 9.15. The van der Waals surface area contributed by atoms with Crippen molar-refractivity contribution in [2.24, 2.45) is 0 Å². The first-order valence-corrected chi connectivity index (χ1v) is 9.11. The highest BCUT2D eigenvalue weighted by atomic mass is 35.5. The van der Waals surface area contributed by atoms with Crippen molar-refractivity contribution in [2.45, 2.75) is 10.2 Å². The molecule has 0 bridgehead atoms. The minimum absolute atomic E-state index is 0.180. The summed E-state index contributed by atoms with van der Waals surface area (Å²) in [5.74, 6) is 0.672. The lowest BCUT2D eigenvalue weighted by Crippen LogP contribution is -2.00. The standard InChI is InChI=1S/C19H11ClN6S/c20-15-8-9-17(23-16(15)11-21)27-19-25-24-18(13-5-4-10-22-12-13)26(19)14-6-2-1-3-7-14/h1-10,12H. The highest BCUT2D eigenvalue weighted by Crippen LogP contribution is 2.32. The third kappa shape index (κ3) is 3.53. The molecule has 0 saturated carbocycles. The highest BCUT2D eigenvalue weighted by molar-refractivity contribution is 7.99. The largest absolute Gasteiger partial charge is 0.270 e. The van der Waals surface area contributed by atoms with Crippen molar-refractivity contribution >= 4 is 23.4 Å². The molecule has 0 aliphatic heterocycles. The molecule has 4 rings (SSSR count). The average Bonchev–Trinajstić information content (AvgIpc) is 3.14. The zero-order valence-corrected chi connectivity index (χ0v) is 15.4. The molecule has 3 heterocycles. The molecule has 0 N–H and O–H groups in total. The van der Waals surface area contributed by atoms with Gasteiger partial charge in [0.2, 0.25) is 5.16 Å². The van der Waals surface area contributed by atoms with Gasteiger partial charge in [0.15, 0.2) is 11.5 Å². The number of nitriles is 1. The molecule has 130 valence electrons. The maximum absolute atomic E-state index is 9.15. The summed E-state index contributed by atoms with van der Waals surface area (Å²) < 4.78 is 1.93. The van der Waals surface area contributed by atoms with Crippen molar-refractivity contribution < 1.29 is 0 Å². The van der Waals surface area contributed by atoms with Gasteiger partial charge in [-0.2, -0.15) is 5.26 Å². The van der Waals surface area contributed by atoms with Gasteiger partial charge in [-0.05, 0) is 48.2 Å². The van der Waals surface area contributed by atoms with Gasteiger partial charge in [0.05, 0.1) is 5.02 Å². The van der Waals surface area contributed by atoms with Crippen LogP contribution in [0.5, 0.6) is 0 Å². The molecule has 0 radical (unpaired) electrons. The monoisotopic (exact) mass is 390 g/mol. The zero-order chi connectivity index (χ0) is 18.6. The van der Waals surface area contributed by atoms with Crippen LogP contribution in [0.25, 0.3) is 17.1 Å². The Balaban J connectivity index is 1.82. The second-order valence-corrected chi connectivity index (χ2v) is 6.81. The fourth-order valence-corrected chi connectivity index (χ4v) is 3.45. The fourth-order valence-electron chi connectivity index (χ4n) is 2.48. The molecule has 0 spiro atoms. The van der Waals surface area contributed by atoms with E-state index in [0.29, 0.717) is 21.0 Å². The molecule has 1 aromatic carbocycles. The third-order valence-electron chi connectivity index (χ3n) is 3.69. The number of halogens is 1. The number of pyridine rings is 2. The molecule has 3 aromatic heterocycles. The van der Waals surface area contributed by atoms with Gasteiger partial charge in [0.1, 0.15) is 11.1 Å². The van der Waals surface area contributed by atoms with Gasteiger partial charge >= 0.3 is 0 Å². The van der Waals surface area contributed by atoms with Crippen LogP contribution < -0.4 is 0 Å². The summed E-state index contributed by atoms with van der Waals surface area (Å²) >= 11 is 7.29. The molecule has 8 heteroatoms. The molecule has 0 fully saturated rings. The molecule has 0 unspecified atom stereocenters. The van der Waals surface area contributed by atoms with Gasteiger partial charge in [-0.15, -0.1) is 10.2 Å². The summed E-state index contributed by atoms with van der Waals surface area (Å²) in [6.45, 7) is 0. The van der Waals surface area contributed by atoms with Crippen molar-refractivity contribution in [3.63, 3.8) is 0 Å². The van der Waals surface area contributed by atoms with E-state index in [9.17, 15) is 0 Å². The van der Waals surface area contributed by atoms with Crippen molar-refractivity contribution in [1.29, 1.82) is 5.26 Å². The summed E-state index contributed by atoms with van der Waals surface area (Å²) in [4.78, 5) is 8.45. The van der Waals surface area contributed by atoms with E-state index in [1.807, 2.05) is 53.1 Å². The smallest absolute Gasteiger partial charge is 0.202 e. The number of aromatic nitrogens is 5. The number of para-hydroxylation sites is 1. The predicted molar refractivity (Wildman–Crippen MR) is 103 cm³/mol. The summed E-state index contributed by atoms with van der Waals surface area (Å²) in [5, 5.41) is 19.4. The van der Waals surface area contributed by atoms with Gasteiger partial charge in [-0.1, -0.05) is 29.8 Å². The Morgan fingerprint density at radius 2 is 1.85 bits per heavy atom. The molecular formula is C19H11ClN6S. The summed E-state index contributed by atoms with van der Waals surface area (Å²) in [6, 6.07) is 19.0. The molecule has 4 aromatic rings. The van der Waals surface area contributed by atoms with Crippen LogP contribution in [0, 0.1) is 11.3 Å². The molecule has 0 amide bonds. The fraction of sp³-hybridized carbons (Fsp3) is 0. The van der Waals surface area contributed by atoms with Crippen LogP contribution in [0.2, 0.25) is 5.02 Å². The summed E-state index contributed by atoms with van der Waals surface area (Å²) in [7, 11) is 0. The third-order valence-corrected chi connectivity index (χ3v) is 4.88. The lowest BCUT2D eigenvalue weighted by Gasteiger charge is -2.10. The lowest BCUT2D eigenvalue weighted by atomic mass is 10.2. The van der Waals surface area contributed by atoms with E-state index in [-0.39, 0.29) is 5.69 Å². The van der Waals surface area contributed by atoms with Crippen LogP contribution >= 0.6 is 23.4 Å². The highest BCUT2D eigenvalue weighted by Gasteiger charge is 2.17. The van der Waals surface area contributed by atoms with E-state index >= 15 is 0 Å². The Hall–Kier alpha value is -3.21. The van der Waals surface area contributed by atoms with Gasteiger partial charge < -0.3 is 0 Å². The van der Waals surface area contributed by atoms with Gasteiger partial charge in [0, 0.05) is 23.6 Å². The average molecular weight is 391 g/mol. The predicted octanol–water partition coefficient (Wildman–Crippen LogP) is 4.40. The minimum Gasteiger partial charge on any atom is -0.270 e. The van der Waals surface area contributed by atoms with Gasteiger partial charge in [-0.25, -0.2) is 4.98 Å². The van der Waals surface area contributed by atoms with Crippen LogP contribution in [-0.2, 0) is 0 Å². The van der Waals surface area contributed by atoms with Gasteiger partial charge in [-0.3, -0.25) is 9.55 Å². The quantitative estimate of drug-likeness (QED) is 0.513. The van der Waals surface area contributed by atoms with E-state index in [1.54, 1.807) is 24.5 Å². The second-order valence-electron chi connectivity index (χ2n) is 5.41. The maximum Gasteiger partial charge on any atom is 0.202 e. The number of nitrogens with zero attached hydrogens (tertiary/aromatic N) is 6. The first-order valence-electron chi connectivity index (χ1n) is 7.92. The molecule has 0 saturated heterocycles. The Labute approximate surface area is 164 Å². The van der Waals surface area contributed by atoms with Crippen molar-refractivity contribution in [2.75, 3.05) is 0 Å². The van der Waals surface area contributed by atoms with E-state index in [1.165, 1.54) is 11.8 Å². The van der Waals surface area contributed by atoms with E-state index in [4.69, 9.17) is 16.9 Å². The zero-order valence-electron chi connectivity index (χ0n) is 13.8. The minimum atomic E-state index is 0.180. The van der Waals surface area contributed by atoms with Crippen LogP contribution in [-0.4, -0.2) is 24.7 Å². The van der Waals surface area contributed by atoms with E-state index < -0.39 is 0 Å². The molecule has 0 aliphatic carbocycles. The molecular weight excluding hydrogens is 380 g/mol. The van der Waals surface area contributed by atoms with E-state index in [2.05, 4.69) is 20.2 Å². The molecule has 6 nitrogen and oxygen atoms in total. The Morgan fingerprint density at radius 3 is 2.59 bits per heavy atom.